The summed E-state index contributed by atoms with van der Waals surface area (Å²) in [5.74, 6) is 0.498. The van der Waals surface area contributed by atoms with Crippen molar-refractivity contribution >= 4 is 21.8 Å². The van der Waals surface area contributed by atoms with Crippen molar-refractivity contribution in [2.24, 2.45) is 11.8 Å². The SMILES string of the molecule is CNc1nc(N2C[C@@H]3[C@H](CNS(C)(=O)=O)[C@H]4CC[C@]3(C2)O4)ncc1F. The predicted molar refractivity (Wildman–Crippen MR) is 90.4 cm³/mol. The van der Waals surface area contributed by atoms with Crippen LogP contribution in [-0.4, -0.2) is 63.0 Å². The number of hydrogen-bond donors (Lipinski definition) is 2. The molecule has 0 aliphatic carbocycles. The first-order chi connectivity index (χ1) is 11.8. The number of hydrogen-bond acceptors (Lipinski definition) is 7. The molecule has 8 nitrogen and oxygen atoms in total. The van der Waals surface area contributed by atoms with Gasteiger partial charge in [-0.1, -0.05) is 0 Å². The minimum atomic E-state index is -3.23. The molecule has 0 aromatic carbocycles. The summed E-state index contributed by atoms with van der Waals surface area (Å²) in [7, 11) is -1.62. The Kier molecular flexibility index (Phi) is 3.89. The van der Waals surface area contributed by atoms with Crippen molar-refractivity contribution in [1.82, 2.24) is 14.7 Å². The van der Waals surface area contributed by atoms with E-state index in [4.69, 9.17) is 4.74 Å². The molecule has 3 aliphatic heterocycles. The van der Waals surface area contributed by atoms with E-state index in [2.05, 4.69) is 20.0 Å². The number of rotatable bonds is 5. The zero-order chi connectivity index (χ0) is 17.8. The van der Waals surface area contributed by atoms with Crippen LogP contribution in [0.3, 0.4) is 0 Å². The number of halogens is 1. The molecule has 3 aliphatic rings. The zero-order valence-corrected chi connectivity index (χ0v) is 15.0. The topological polar surface area (TPSA) is 96.5 Å². The number of sulfonamides is 1. The van der Waals surface area contributed by atoms with Gasteiger partial charge in [-0.05, 0) is 12.8 Å². The van der Waals surface area contributed by atoms with Crippen LogP contribution in [0.2, 0.25) is 0 Å². The minimum Gasteiger partial charge on any atom is -0.371 e. The van der Waals surface area contributed by atoms with Crippen LogP contribution in [0.1, 0.15) is 12.8 Å². The van der Waals surface area contributed by atoms with Crippen LogP contribution in [0.15, 0.2) is 6.20 Å². The lowest BCUT2D eigenvalue weighted by Crippen LogP contribution is -2.41. The van der Waals surface area contributed by atoms with E-state index in [1.165, 1.54) is 12.5 Å². The minimum absolute atomic E-state index is 0.100. The molecular formula is C15H22FN5O3S. The van der Waals surface area contributed by atoms with Crippen molar-refractivity contribution in [3.63, 3.8) is 0 Å². The molecule has 4 atom stereocenters. The van der Waals surface area contributed by atoms with Crippen molar-refractivity contribution < 1.29 is 17.5 Å². The third kappa shape index (κ3) is 2.85. The van der Waals surface area contributed by atoms with E-state index in [1.54, 1.807) is 7.05 Å². The highest BCUT2D eigenvalue weighted by Crippen LogP contribution is 2.55. The number of anilines is 2. The van der Waals surface area contributed by atoms with Crippen LogP contribution in [0.25, 0.3) is 0 Å². The van der Waals surface area contributed by atoms with Crippen molar-refractivity contribution in [2.45, 2.75) is 24.5 Å². The Morgan fingerprint density at radius 1 is 1.52 bits per heavy atom. The summed E-state index contributed by atoms with van der Waals surface area (Å²) < 4.78 is 45.4. The number of nitrogens with zero attached hydrogens (tertiary/aromatic N) is 3. The summed E-state index contributed by atoms with van der Waals surface area (Å²) in [5, 5.41) is 2.73. The number of fused-ring (bicyclic) bond motifs is 1. The fraction of sp³-hybridized carbons (Fsp3) is 0.733. The van der Waals surface area contributed by atoms with E-state index in [0.29, 0.717) is 25.6 Å². The van der Waals surface area contributed by atoms with Crippen LogP contribution in [0.4, 0.5) is 16.2 Å². The van der Waals surface area contributed by atoms with Gasteiger partial charge in [0.15, 0.2) is 11.6 Å². The summed E-state index contributed by atoms with van der Waals surface area (Å²) >= 11 is 0. The fourth-order valence-electron chi connectivity index (χ4n) is 4.55. The van der Waals surface area contributed by atoms with Gasteiger partial charge in [0.05, 0.1) is 30.7 Å². The van der Waals surface area contributed by atoms with Crippen molar-refractivity contribution in [3.8, 4) is 0 Å². The molecule has 2 bridgehead atoms. The van der Waals surface area contributed by atoms with Crippen LogP contribution in [0.5, 0.6) is 0 Å². The van der Waals surface area contributed by atoms with Gasteiger partial charge in [0, 0.05) is 32.0 Å². The largest absolute Gasteiger partial charge is 0.371 e. The van der Waals surface area contributed by atoms with Crippen LogP contribution < -0.4 is 14.9 Å². The molecule has 0 saturated carbocycles. The molecule has 1 aromatic rings. The van der Waals surface area contributed by atoms with Gasteiger partial charge in [-0.3, -0.25) is 0 Å². The van der Waals surface area contributed by atoms with Gasteiger partial charge in [-0.2, -0.15) is 4.98 Å². The summed E-state index contributed by atoms with van der Waals surface area (Å²) in [4.78, 5) is 10.4. The Morgan fingerprint density at radius 3 is 3.04 bits per heavy atom. The Morgan fingerprint density at radius 2 is 2.32 bits per heavy atom. The van der Waals surface area contributed by atoms with E-state index in [1.807, 2.05) is 4.90 Å². The van der Waals surface area contributed by atoms with Crippen LogP contribution in [-0.2, 0) is 14.8 Å². The summed E-state index contributed by atoms with van der Waals surface area (Å²) in [6.07, 6.45) is 4.33. The Hall–Kier alpha value is -1.52. The van der Waals surface area contributed by atoms with Crippen molar-refractivity contribution in [3.05, 3.63) is 12.0 Å². The van der Waals surface area contributed by atoms with Crippen LogP contribution >= 0.6 is 0 Å². The molecule has 2 N–H and O–H groups in total. The lowest BCUT2D eigenvalue weighted by atomic mass is 9.74. The van der Waals surface area contributed by atoms with Crippen LogP contribution in [0, 0.1) is 17.7 Å². The molecule has 138 valence electrons. The molecule has 0 unspecified atom stereocenters. The second-order valence-electron chi connectivity index (χ2n) is 7.15. The quantitative estimate of drug-likeness (QED) is 0.763. The first-order valence-corrected chi connectivity index (χ1v) is 10.3. The number of ether oxygens (including phenoxy) is 1. The standard InChI is InChI=1S/C15H22FN5O3S/c1-17-13-11(16)6-18-14(20-13)21-7-10-9(5-19-25(2,22)23)12-3-4-15(10,8-21)24-12/h6,9-10,12,19H,3-5,7-8H2,1-2H3,(H,17,18,20)/t9-,10+,12+,15+/m0/s1. The van der Waals surface area contributed by atoms with Gasteiger partial charge >= 0.3 is 0 Å². The lowest BCUT2D eigenvalue weighted by molar-refractivity contribution is 0.0141. The average Bonchev–Trinajstić information content (AvgIpc) is 3.20. The zero-order valence-electron chi connectivity index (χ0n) is 14.2. The number of aromatic nitrogens is 2. The van der Waals surface area contributed by atoms with Gasteiger partial charge in [0.2, 0.25) is 16.0 Å². The monoisotopic (exact) mass is 371 g/mol. The molecule has 4 rings (SSSR count). The Labute approximate surface area is 146 Å². The maximum atomic E-state index is 13.6. The lowest BCUT2D eigenvalue weighted by Gasteiger charge is -2.29. The Balaban J connectivity index is 1.55. The van der Waals surface area contributed by atoms with Gasteiger partial charge in [-0.25, -0.2) is 22.5 Å². The predicted octanol–water partition coefficient (Wildman–Crippen LogP) is 0.190. The Bertz CT molecular complexity index is 791. The first kappa shape index (κ1) is 16.9. The fourth-order valence-corrected chi connectivity index (χ4v) is 5.04. The maximum absolute atomic E-state index is 13.6. The highest BCUT2D eigenvalue weighted by molar-refractivity contribution is 7.88. The van der Waals surface area contributed by atoms with Crippen molar-refractivity contribution in [2.75, 3.05) is 43.2 Å². The highest BCUT2D eigenvalue weighted by atomic mass is 32.2. The molecule has 3 saturated heterocycles. The summed E-state index contributed by atoms with van der Waals surface area (Å²) in [5.41, 5.74) is -0.272. The second-order valence-corrected chi connectivity index (χ2v) is 8.98. The summed E-state index contributed by atoms with van der Waals surface area (Å²) in [6, 6.07) is 0. The third-order valence-electron chi connectivity index (χ3n) is 5.62. The highest BCUT2D eigenvalue weighted by Gasteiger charge is 2.63. The molecule has 1 aromatic heterocycles. The van der Waals surface area contributed by atoms with Gasteiger partial charge in [0.25, 0.3) is 0 Å². The third-order valence-corrected chi connectivity index (χ3v) is 6.31. The van der Waals surface area contributed by atoms with Gasteiger partial charge in [-0.15, -0.1) is 0 Å². The van der Waals surface area contributed by atoms with E-state index in [9.17, 15) is 12.8 Å². The first-order valence-electron chi connectivity index (χ1n) is 8.39. The van der Waals surface area contributed by atoms with Gasteiger partial charge in [0.1, 0.15) is 0 Å². The molecule has 25 heavy (non-hydrogen) atoms. The molecule has 10 heteroatoms. The van der Waals surface area contributed by atoms with E-state index in [-0.39, 0.29) is 29.4 Å². The molecule has 4 heterocycles. The average molecular weight is 371 g/mol. The normalized spacial score (nSPS) is 33.7. The molecule has 0 amide bonds. The maximum Gasteiger partial charge on any atom is 0.227 e. The molecular weight excluding hydrogens is 349 g/mol. The smallest absolute Gasteiger partial charge is 0.227 e. The van der Waals surface area contributed by atoms with E-state index in [0.717, 1.165) is 12.8 Å². The summed E-state index contributed by atoms with van der Waals surface area (Å²) in [6.45, 7) is 1.72. The number of nitrogens with one attached hydrogen (secondary N) is 2. The van der Waals surface area contributed by atoms with E-state index >= 15 is 0 Å². The van der Waals surface area contributed by atoms with Crippen molar-refractivity contribution in [1.29, 1.82) is 0 Å². The molecule has 1 spiro atoms. The second kappa shape index (κ2) is 5.75. The molecule has 3 fully saturated rings. The van der Waals surface area contributed by atoms with E-state index < -0.39 is 15.8 Å². The molecule has 0 radical (unpaired) electrons. The van der Waals surface area contributed by atoms with Gasteiger partial charge < -0.3 is 15.0 Å².